The highest BCUT2D eigenvalue weighted by molar-refractivity contribution is 6.32. The monoisotopic (exact) mass is 346 g/mol. The lowest BCUT2D eigenvalue weighted by Crippen LogP contribution is -2.01. The molecular weight excluding hydrogens is 341 g/mol. The number of imidazole rings is 1. The number of benzene rings is 2. The normalized spacial score (nSPS) is 11.3. The number of aromatic nitrogens is 2. The van der Waals surface area contributed by atoms with Crippen LogP contribution >= 0.6 is 34.8 Å². The van der Waals surface area contributed by atoms with Crippen molar-refractivity contribution in [3.63, 3.8) is 0 Å². The molecule has 0 bridgehead atoms. The van der Waals surface area contributed by atoms with Crippen molar-refractivity contribution >= 4 is 45.8 Å². The minimum absolute atomic E-state index is 0.0430. The van der Waals surface area contributed by atoms with Crippen LogP contribution in [0.4, 0.5) is 8.78 Å². The Bertz CT molecular complexity index is 846. The van der Waals surface area contributed by atoms with E-state index in [2.05, 4.69) is 4.98 Å². The summed E-state index contributed by atoms with van der Waals surface area (Å²) in [5, 5.41) is 0.260. The van der Waals surface area contributed by atoms with Crippen LogP contribution in [0.3, 0.4) is 0 Å². The first-order valence-electron chi connectivity index (χ1n) is 5.89. The van der Waals surface area contributed by atoms with E-state index in [1.165, 1.54) is 34.9 Å². The third-order valence-corrected chi connectivity index (χ3v) is 3.88. The second-order valence-corrected chi connectivity index (χ2v) is 5.43. The van der Waals surface area contributed by atoms with Crippen molar-refractivity contribution < 1.29 is 8.78 Å². The van der Waals surface area contributed by atoms with Crippen LogP contribution in [0, 0.1) is 11.6 Å². The van der Waals surface area contributed by atoms with E-state index in [1.807, 2.05) is 0 Å². The van der Waals surface area contributed by atoms with Gasteiger partial charge in [0.05, 0.1) is 32.6 Å². The predicted octanol–water partition coefficient (Wildman–Crippen LogP) is 5.35. The maximum absolute atomic E-state index is 13.7. The Morgan fingerprint density at radius 1 is 1.05 bits per heavy atom. The summed E-state index contributed by atoms with van der Waals surface area (Å²) in [6, 6.07) is 6.52. The molecule has 0 spiro atoms. The van der Waals surface area contributed by atoms with E-state index in [4.69, 9.17) is 34.8 Å². The van der Waals surface area contributed by atoms with Gasteiger partial charge in [0.25, 0.3) is 0 Å². The fourth-order valence-electron chi connectivity index (χ4n) is 2.14. The van der Waals surface area contributed by atoms with Gasteiger partial charge in [-0.1, -0.05) is 23.2 Å². The second kappa shape index (κ2) is 5.44. The zero-order chi connectivity index (χ0) is 15.1. The number of nitrogens with zero attached hydrogens (tertiary/aromatic N) is 2. The largest absolute Gasteiger partial charge is 0.294 e. The average Bonchev–Trinajstić information content (AvgIpc) is 2.79. The summed E-state index contributed by atoms with van der Waals surface area (Å²) in [6.07, 6.45) is 0. The molecule has 0 atom stereocenters. The van der Waals surface area contributed by atoms with E-state index in [-0.39, 0.29) is 10.9 Å². The first-order chi connectivity index (χ1) is 10.0. The standard InChI is InChI=1S/C14H7Cl3F2N2/c15-6-14-20-11-4-9(17)10(19)5-13(11)21(14)12-3-7(18)1-2-8(12)16/h1-5H,6H2. The summed E-state index contributed by atoms with van der Waals surface area (Å²) in [6.45, 7) is 0. The summed E-state index contributed by atoms with van der Waals surface area (Å²) < 4.78 is 28.7. The van der Waals surface area contributed by atoms with Crippen LogP contribution in [-0.2, 0) is 5.88 Å². The molecule has 0 aliphatic rings. The Labute approximate surface area is 133 Å². The molecule has 0 N–H and O–H groups in total. The quantitative estimate of drug-likeness (QED) is 0.571. The lowest BCUT2D eigenvalue weighted by molar-refractivity contribution is 0.626. The van der Waals surface area contributed by atoms with Gasteiger partial charge in [-0.3, -0.25) is 4.57 Å². The number of halogens is 5. The van der Waals surface area contributed by atoms with Gasteiger partial charge in [0.15, 0.2) is 0 Å². The highest BCUT2D eigenvalue weighted by Crippen LogP contribution is 2.30. The molecule has 0 fully saturated rings. The van der Waals surface area contributed by atoms with Crippen LogP contribution in [0.1, 0.15) is 5.82 Å². The van der Waals surface area contributed by atoms with Crippen LogP contribution in [-0.4, -0.2) is 9.55 Å². The van der Waals surface area contributed by atoms with Crippen molar-refractivity contribution in [2.75, 3.05) is 0 Å². The third kappa shape index (κ3) is 2.48. The Hall–Kier alpha value is -1.36. The van der Waals surface area contributed by atoms with E-state index in [0.717, 1.165) is 0 Å². The molecule has 7 heteroatoms. The van der Waals surface area contributed by atoms with Crippen LogP contribution in [0.5, 0.6) is 0 Å². The lowest BCUT2D eigenvalue weighted by atomic mass is 10.2. The van der Waals surface area contributed by atoms with Gasteiger partial charge < -0.3 is 0 Å². The van der Waals surface area contributed by atoms with Gasteiger partial charge in [-0.15, -0.1) is 11.6 Å². The number of alkyl halides is 1. The predicted molar refractivity (Wildman–Crippen MR) is 80.6 cm³/mol. The number of rotatable bonds is 2. The second-order valence-electron chi connectivity index (χ2n) is 4.35. The average molecular weight is 348 g/mol. The van der Waals surface area contributed by atoms with E-state index < -0.39 is 11.6 Å². The fraction of sp³-hybridized carbons (Fsp3) is 0.0714. The molecule has 2 aromatic carbocycles. The van der Waals surface area contributed by atoms with Crippen LogP contribution < -0.4 is 0 Å². The smallest absolute Gasteiger partial charge is 0.144 e. The summed E-state index contributed by atoms with van der Waals surface area (Å²) in [4.78, 5) is 4.28. The van der Waals surface area contributed by atoms with Crippen molar-refractivity contribution in [1.29, 1.82) is 0 Å². The molecule has 0 aliphatic carbocycles. The third-order valence-electron chi connectivity index (χ3n) is 3.03. The summed E-state index contributed by atoms with van der Waals surface area (Å²) in [5.74, 6) is -0.591. The molecule has 1 heterocycles. The van der Waals surface area contributed by atoms with E-state index in [1.54, 1.807) is 0 Å². The molecule has 0 amide bonds. The molecule has 3 aromatic rings. The topological polar surface area (TPSA) is 17.8 Å². The van der Waals surface area contributed by atoms with Gasteiger partial charge in [-0.25, -0.2) is 13.8 Å². The van der Waals surface area contributed by atoms with Crippen molar-refractivity contribution in [2.24, 2.45) is 0 Å². The minimum Gasteiger partial charge on any atom is -0.294 e. The van der Waals surface area contributed by atoms with E-state index >= 15 is 0 Å². The maximum Gasteiger partial charge on any atom is 0.144 e. The lowest BCUT2D eigenvalue weighted by Gasteiger charge is -2.10. The van der Waals surface area contributed by atoms with Gasteiger partial charge in [-0.2, -0.15) is 0 Å². The molecule has 1 aromatic heterocycles. The summed E-state index contributed by atoms with van der Waals surface area (Å²) in [5.41, 5.74) is 1.22. The molecule has 21 heavy (non-hydrogen) atoms. The van der Waals surface area contributed by atoms with Crippen LogP contribution in [0.15, 0.2) is 30.3 Å². The zero-order valence-corrected chi connectivity index (χ0v) is 12.6. The molecular formula is C14H7Cl3F2N2. The summed E-state index contributed by atoms with van der Waals surface area (Å²) in [7, 11) is 0. The molecule has 0 aliphatic heterocycles. The van der Waals surface area contributed by atoms with Gasteiger partial charge in [-0.05, 0) is 24.3 Å². The number of fused-ring (bicyclic) bond motifs is 1. The molecule has 108 valence electrons. The van der Waals surface area contributed by atoms with Gasteiger partial charge >= 0.3 is 0 Å². The van der Waals surface area contributed by atoms with Crippen molar-refractivity contribution in [2.45, 2.75) is 5.88 Å². The van der Waals surface area contributed by atoms with Gasteiger partial charge in [0.1, 0.15) is 17.5 Å². The van der Waals surface area contributed by atoms with E-state index in [0.29, 0.717) is 27.6 Å². The van der Waals surface area contributed by atoms with Crippen molar-refractivity contribution in [3.8, 4) is 5.69 Å². The molecule has 0 unspecified atom stereocenters. The first kappa shape index (κ1) is 14.6. The Kier molecular flexibility index (Phi) is 3.78. The number of hydrogen-bond donors (Lipinski definition) is 0. The molecule has 0 saturated heterocycles. The maximum atomic E-state index is 13.7. The first-order valence-corrected chi connectivity index (χ1v) is 7.18. The minimum atomic E-state index is -0.598. The Morgan fingerprint density at radius 2 is 1.81 bits per heavy atom. The molecule has 3 rings (SSSR count). The van der Waals surface area contributed by atoms with Gasteiger partial charge in [0, 0.05) is 6.07 Å². The zero-order valence-electron chi connectivity index (χ0n) is 10.4. The molecule has 0 radical (unpaired) electrons. The molecule has 2 nitrogen and oxygen atoms in total. The van der Waals surface area contributed by atoms with Crippen LogP contribution in [0.25, 0.3) is 16.7 Å². The highest BCUT2D eigenvalue weighted by atomic mass is 35.5. The Morgan fingerprint density at radius 3 is 2.52 bits per heavy atom. The van der Waals surface area contributed by atoms with Crippen molar-refractivity contribution in [3.05, 3.63) is 57.8 Å². The highest BCUT2D eigenvalue weighted by Gasteiger charge is 2.17. The summed E-state index contributed by atoms with van der Waals surface area (Å²) >= 11 is 17.7. The van der Waals surface area contributed by atoms with E-state index in [9.17, 15) is 8.78 Å². The number of hydrogen-bond acceptors (Lipinski definition) is 1. The SMILES string of the molecule is Fc1ccc(Cl)c(-n2c(CCl)nc3cc(Cl)c(F)cc32)c1. The fourth-order valence-corrected chi connectivity index (χ4v) is 2.68. The van der Waals surface area contributed by atoms with Crippen molar-refractivity contribution in [1.82, 2.24) is 9.55 Å². The Balaban J connectivity index is 2.40. The van der Waals surface area contributed by atoms with Gasteiger partial charge in [0.2, 0.25) is 0 Å². The van der Waals surface area contributed by atoms with Crippen LogP contribution in [0.2, 0.25) is 10.0 Å². The molecule has 0 saturated carbocycles.